The number of methoxy groups -OCH3 is 1. The minimum Gasteiger partial charge on any atom is -0.451 e. The molecule has 1 amide bonds. The van der Waals surface area contributed by atoms with Crippen molar-refractivity contribution in [2.45, 2.75) is 22.9 Å². The highest BCUT2D eigenvalue weighted by atomic mass is 32.2. The molecule has 202 valence electrons. The lowest BCUT2D eigenvalue weighted by Crippen LogP contribution is -2.66. The molecule has 3 aliphatic rings. The zero-order valence-corrected chi connectivity index (χ0v) is 21.7. The number of fused-ring (bicyclic) bond motifs is 4. The maximum absolute atomic E-state index is 15.8. The topological polar surface area (TPSA) is 99.5 Å². The lowest BCUT2D eigenvalue weighted by molar-refractivity contribution is -0.0210. The average molecular weight is 554 g/mol. The summed E-state index contributed by atoms with van der Waals surface area (Å²) in [5.74, 6) is -0.545. The number of thioether (sulfide) groups is 1. The Hall–Kier alpha value is -4.03. The first-order valence-electron chi connectivity index (χ1n) is 12.2. The highest BCUT2D eigenvalue weighted by Crippen LogP contribution is 2.45. The summed E-state index contributed by atoms with van der Waals surface area (Å²) in [5.41, 5.74) is 1.54. The van der Waals surface area contributed by atoms with Crippen LogP contribution in [0.1, 0.15) is 33.2 Å². The molecule has 1 aromatic heterocycles. The quantitative estimate of drug-likeness (QED) is 0.356. The van der Waals surface area contributed by atoms with E-state index in [0.717, 1.165) is 23.1 Å². The minimum atomic E-state index is -0.999. The van der Waals surface area contributed by atoms with E-state index in [9.17, 15) is 14.4 Å². The fraction of sp³-hybridized carbons (Fsp3) is 0.296. The fourth-order valence-corrected chi connectivity index (χ4v) is 6.38. The second kappa shape index (κ2) is 10.3. The van der Waals surface area contributed by atoms with Gasteiger partial charge in [0.15, 0.2) is 5.69 Å². The standard InChI is InChI=1S/C27H24FN3O7S/c1-35-27(34)38-15-37-25-19(32)9-10-30-24(25)26(33)29-11-12-36-13-21(29)31(30)23-17-6-2-3-8-20(17)39-14-16-5-4-7-18(28)22(16)23/h2-10,21,23H,11-15H2,1H3/t21-,23-/m1/s1. The first-order chi connectivity index (χ1) is 19.0. The molecule has 10 nitrogen and oxygen atoms in total. The number of nitrogens with zero attached hydrogens (tertiary/aromatic N) is 3. The Morgan fingerprint density at radius 1 is 1.15 bits per heavy atom. The summed E-state index contributed by atoms with van der Waals surface area (Å²) in [5, 5.41) is 1.87. The predicted molar refractivity (Wildman–Crippen MR) is 138 cm³/mol. The average Bonchev–Trinajstić information content (AvgIpc) is 3.12. The number of pyridine rings is 1. The number of rotatable bonds is 4. The maximum atomic E-state index is 15.8. The molecule has 0 spiro atoms. The first-order valence-corrected chi connectivity index (χ1v) is 13.2. The molecule has 4 heterocycles. The SMILES string of the molecule is COC(=O)OCOc1c2n(ccc1=O)N([C@@H]1c3ccccc3SCc3cccc(F)c31)[C@@H]1COCCN1C2=O. The van der Waals surface area contributed by atoms with E-state index in [-0.39, 0.29) is 30.4 Å². The Kier molecular flexibility index (Phi) is 6.65. The van der Waals surface area contributed by atoms with Gasteiger partial charge in [-0.3, -0.25) is 19.3 Å². The number of hydrogen-bond donors (Lipinski definition) is 0. The second-order valence-electron chi connectivity index (χ2n) is 9.04. The monoisotopic (exact) mass is 553 g/mol. The van der Waals surface area contributed by atoms with Crippen LogP contribution < -0.4 is 15.2 Å². The molecule has 2 atom stereocenters. The van der Waals surface area contributed by atoms with Crippen LogP contribution in [0.3, 0.4) is 0 Å². The number of halogens is 1. The Balaban J connectivity index is 1.57. The molecule has 39 heavy (non-hydrogen) atoms. The van der Waals surface area contributed by atoms with Gasteiger partial charge in [0.25, 0.3) is 5.91 Å². The van der Waals surface area contributed by atoms with E-state index in [1.54, 1.807) is 27.4 Å². The highest BCUT2D eigenvalue weighted by molar-refractivity contribution is 7.98. The Morgan fingerprint density at radius 3 is 2.85 bits per heavy atom. The van der Waals surface area contributed by atoms with Gasteiger partial charge in [-0.05, 0) is 23.3 Å². The summed E-state index contributed by atoms with van der Waals surface area (Å²) in [7, 11) is 1.14. The van der Waals surface area contributed by atoms with Crippen LogP contribution in [0.5, 0.6) is 5.75 Å². The number of amides is 1. The lowest BCUT2D eigenvalue weighted by Gasteiger charge is -2.51. The summed E-state index contributed by atoms with van der Waals surface area (Å²) in [4.78, 5) is 40.8. The Bertz CT molecular complexity index is 1510. The van der Waals surface area contributed by atoms with E-state index >= 15 is 4.39 Å². The number of benzene rings is 2. The van der Waals surface area contributed by atoms with Crippen LogP contribution >= 0.6 is 11.8 Å². The molecule has 3 aliphatic heterocycles. The zero-order chi connectivity index (χ0) is 27.1. The van der Waals surface area contributed by atoms with Crippen molar-refractivity contribution in [2.24, 2.45) is 0 Å². The molecular weight excluding hydrogens is 529 g/mol. The number of carbonyl (C=O) groups is 2. The first kappa shape index (κ1) is 25.3. The van der Waals surface area contributed by atoms with Gasteiger partial charge < -0.3 is 23.8 Å². The molecule has 1 saturated heterocycles. The predicted octanol–water partition coefficient (Wildman–Crippen LogP) is 3.25. The van der Waals surface area contributed by atoms with Gasteiger partial charge in [-0.15, -0.1) is 11.8 Å². The third kappa shape index (κ3) is 4.29. The maximum Gasteiger partial charge on any atom is 0.510 e. The molecule has 3 aromatic rings. The van der Waals surface area contributed by atoms with Crippen LogP contribution in [0.2, 0.25) is 0 Å². The van der Waals surface area contributed by atoms with Crippen LogP contribution in [-0.4, -0.2) is 61.5 Å². The molecule has 2 aromatic carbocycles. The van der Waals surface area contributed by atoms with E-state index in [4.69, 9.17) is 14.2 Å². The smallest absolute Gasteiger partial charge is 0.451 e. The van der Waals surface area contributed by atoms with Gasteiger partial charge in [-0.2, -0.15) is 0 Å². The van der Waals surface area contributed by atoms with E-state index < -0.39 is 36.5 Å². The lowest BCUT2D eigenvalue weighted by atomic mass is 9.93. The van der Waals surface area contributed by atoms with Crippen molar-refractivity contribution in [1.82, 2.24) is 9.58 Å². The number of ether oxygens (including phenoxy) is 4. The van der Waals surface area contributed by atoms with E-state index in [2.05, 4.69) is 4.74 Å². The second-order valence-corrected chi connectivity index (χ2v) is 10.1. The van der Waals surface area contributed by atoms with Crippen molar-refractivity contribution in [2.75, 3.05) is 38.7 Å². The molecule has 1 fully saturated rings. The van der Waals surface area contributed by atoms with Gasteiger partial charge in [-0.1, -0.05) is 30.3 Å². The van der Waals surface area contributed by atoms with E-state index in [1.165, 1.54) is 18.3 Å². The summed E-state index contributed by atoms with van der Waals surface area (Å²) < 4.78 is 37.9. The normalized spacial score (nSPS) is 19.7. The van der Waals surface area contributed by atoms with Crippen LogP contribution in [-0.2, 0) is 20.0 Å². The van der Waals surface area contributed by atoms with E-state index in [0.29, 0.717) is 17.9 Å². The number of morpholine rings is 1. The van der Waals surface area contributed by atoms with E-state index in [1.807, 2.05) is 35.3 Å². The van der Waals surface area contributed by atoms with Crippen molar-refractivity contribution in [3.05, 3.63) is 93.2 Å². The van der Waals surface area contributed by atoms with Crippen LogP contribution in [0, 0.1) is 5.82 Å². The fourth-order valence-electron chi connectivity index (χ4n) is 5.29. The van der Waals surface area contributed by atoms with Crippen molar-refractivity contribution in [3.63, 3.8) is 0 Å². The van der Waals surface area contributed by atoms with Gasteiger partial charge in [0.1, 0.15) is 18.0 Å². The summed E-state index contributed by atoms with van der Waals surface area (Å²) in [6.45, 7) is 0.0962. The molecule has 6 rings (SSSR count). The van der Waals surface area contributed by atoms with Crippen LogP contribution in [0.25, 0.3) is 0 Å². The number of carbonyl (C=O) groups excluding carboxylic acids is 2. The molecule has 0 unspecified atom stereocenters. The summed E-state index contributed by atoms with van der Waals surface area (Å²) >= 11 is 1.61. The molecule has 0 radical (unpaired) electrons. The molecule has 0 aliphatic carbocycles. The molecule has 0 N–H and O–H groups in total. The van der Waals surface area contributed by atoms with Crippen molar-refractivity contribution in [1.29, 1.82) is 0 Å². The van der Waals surface area contributed by atoms with Crippen molar-refractivity contribution < 1.29 is 32.9 Å². The zero-order valence-electron chi connectivity index (χ0n) is 20.9. The highest BCUT2D eigenvalue weighted by Gasteiger charge is 2.46. The van der Waals surface area contributed by atoms with Crippen molar-refractivity contribution >= 4 is 23.8 Å². The molecule has 12 heteroatoms. The molecular formula is C27H24FN3O7S. The molecule has 0 bridgehead atoms. The van der Waals surface area contributed by atoms with Crippen LogP contribution in [0.15, 0.2) is 64.4 Å². The number of hydrogen-bond acceptors (Lipinski definition) is 9. The van der Waals surface area contributed by atoms with Crippen molar-refractivity contribution in [3.8, 4) is 5.75 Å². The summed E-state index contributed by atoms with van der Waals surface area (Å²) in [6.07, 6.45) is -0.119. The number of aromatic nitrogens is 1. The third-order valence-electron chi connectivity index (χ3n) is 6.98. The van der Waals surface area contributed by atoms with Gasteiger partial charge in [0.2, 0.25) is 18.0 Å². The van der Waals surface area contributed by atoms with Gasteiger partial charge in [-0.25, -0.2) is 9.18 Å². The molecule has 0 saturated carbocycles. The van der Waals surface area contributed by atoms with Gasteiger partial charge >= 0.3 is 6.16 Å². The largest absolute Gasteiger partial charge is 0.510 e. The summed E-state index contributed by atoms with van der Waals surface area (Å²) in [6, 6.07) is 13.4. The Morgan fingerprint density at radius 2 is 2.00 bits per heavy atom. The van der Waals surface area contributed by atoms with Gasteiger partial charge in [0.05, 0.1) is 20.3 Å². The minimum absolute atomic E-state index is 0.0543. The Labute approximate surface area is 226 Å². The van der Waals surface area contributed by atoms with Gasteiger partial charge in [0, 0.05) is 35.0 Å². The van der Waals surface area contributed by atoms with Crippen LogP contribution in [0.4, 0.5) is 9.18 Å². The third-order valence-corrected chi connectivity index (χ3v) is 8.12.